The second kappa shape index (κ2) is 8.57. The third kappa shape index (κ3) is 3.67. The highest BCUT2D eigenvalue weighted by Crippen LogP contribution is 2.37. The first-order valence-electron chi connectivity index (χ1n) is 10.4. The van der Waals surface area contributed by atoms with E-state index in [-0.39, 0.29) is 11.5 Å². The number of anilines is 1. The average molecular weight is 523 g/mol. The lowest BCUT2D eigenvalue weighted by Gasteiger charge is -2.15. The number of thiazole rings is 1. The van der Waals surface area contributed by atoms with Gasteiger partial charge in [0, 0.05) is 22.1 Å². The lowest BCUT2D eigenvalue weighted by molar-refractivity contribution is -0.113. The highest BCUT2D eigenvalue weighted by molar-refractivity contribution is 9.10. The molecule has 0 unspecified atom stereocenters. The number of halogens is 1. The van der Waals surface area contributed by atoms with Gasteiger partial charge in [0.2, 0.25) is 4.96 Å². The van der Waals surface area contributed by atoms with Crippen LogP contribution in [-0.4, -0.2) is 33.7 Å². The Morgan fingerprint density at radius 2 is 1.97 bits per heavy atom. The predicted molar refractivity (Wildman–Crippen MR) is 133 cm³/mol. The van der Waals surface area contributed by atoms with Crippen LogP contribution in [0.3, 0.4) is 0 Å². The lowest BCUT2D eigenvalue weighted by atomic mass is 10.1. The van der Waals surface area contributed by atoms with E-state index in [1.165, 1.54) is 15.9 Å². The first-order valence-corrected chi connectivity index (χ1v) is 12.0. The van der Waals surface area contributed by atoms with Gasteiger partial charge in [-0.3, -0.25) is 9.59 Å². The van der Waals surface area contributed by atoms with E-state index in [0.29, 0.717) is 39.8 Å². The number of nitrogens with zero attached hydrogens (tertiary/aromatic N) is 4. The van der Waals surface area contributed by atoms with Crippen molar-refractivity contribution in [3.63, 3.8) is 0 Å². The molecule has 2 aromatic heterocycles. The molecule has 0 atom stereocenters. The van der Waals surface area contributed by atoms with Gasteiger partial charge in [-0.15, -0.1) is 5.10 Å². The smallest absolute Gasteiger partial charge is 0.291 e. The Bertz CT molecular complexity index is 1510. The van der Waals surface area contributed by atoms with Crippen LogP contribution in [0, 0.1) is 0 Å². The zero-order valence-corrected chi connectivity index (χ0v) is 20.1. The number of benzene rings is 2. The zero-order valence-electron chi connectivity index (χ0n) is 17.7. The second-order valence-electron chi connectivity index (χ2n) is 7.48. The van der Waals surface area contributed by atoms with Crippen LogP contribution in [-0.2, 0) is 4.79 Å². The van der Waals surface area contributed by atoms with E-state index < -0.39 is 0 Å². The van der Waals surface area contributed by atoms with Gasteiger partial charge in [0.15, 0.2) is 5.82 Å². The summed E-state index contributed by atoms with van der Waals surface area (Å²) in [6.07, 6.45) is 2.49. The van der Waals surface area contributed by atoms with Crippen molar-refractivity contribution < 1.29 is 9.53 Å². The van der Waals surface area contributed by atoms with Crippen LogP contribution in [0.4, 0.5) is 5.69 Å². The molecule has 1 amide bonds. The van der Waals surface area contributed by atoms with E-state index in [9.17, 15) is 9.59 Å². The van der Waals surface area contributed by atoms with Gasteiger partial charge in [0.1, 0.15) is 16.9 Å². The minimum atomic E-state index is -0.340. The largest absolute Gasteiger partial charge is 0.490 e. The Balaban J connectivity index is 1.61. The Morgan fingerprint density at radius 1 is 1.18 bits per heavy atom. The normalized spacial score (nSPS) is 14.7. The molecule has 7 nitrogen and oxygen atoms in total. The van der Waals surface area contributed by atoms with Crippen molar-refractivity contribution in [2.24, 2.45) is 0 Å². The van der Waals surface area contributed by atoms with Gasteiger partial charge in [-0.2, -0.15) is 9.50 Å². The number of hydrogen-bond acceptors (Lipinski definition) is 6. The van der Waals surface area contributed by atoms with Crippen LogP contribution in [0.5, 0.6) is 5.75 Å². The molecule has 0 spiro atoms. The molecule has 0 saturated carbocycles. The van der Waals surface area contributed by atoms with E-state index in [1.807, 2.05) is 49.4 Å². The topological polar surface area (TPSA) is 76.8 Å². The van der Waals surface area contributed by atoms with Crippen LogP contribution >= 0.6 is 27.3 Å². The first kappa shape index (κ1) is 21.5. The van der Waals surface area contributed by atoms with Crippen molar-refractivity contribution in [1.82, 2.24) is 14.6 Å². The Hall–Kier alpha value is -3.30. The summed E-state index contributed by atoms with van der Waals surface area (Å²) >= 11 is 4.67. The van der Waals surface area contributed by atoms with Crippen molar-refractivity contribution >= 4 is 49.4 Å². The van der Waals surface area contributed by atoms with Crippen molar-refractivity contribution in [2.45, 2.75) is 13.3 Å². The molecule has 3 heterocycles. The predicted octanol–water partition coefficient (Wildman–Crippen LogP) is 3.82. The third-order valence-corrected chi connectivity index (χ3v) is 6.81. The molecule has 1 aliphatic rings. The summed E-state index contributed by atoms with van der Waals surface area (Å²) in [5, 5.41) is 4.42. The summed E-state index contributed by atoms with van der Waals surface area (Å²) in [6.45, 7) is 6.66. The van der Waals surface area contributed by atoms with E-state index in [0.717, 1.165) is 27.7 Å². The molecular weight excluding hydrogens is 504 g/mol. The van der Waals surface area contributed by atoms with Crippen LogP contribution in [0.1, 0.15) is 18.9 Å². The molecule has 9 heteroatoms. The number of hydrogen-bond donors (Lipinski definition) is 0. The fraction of sp³-hybridized carbons (Fsp3) is 0.167. The van der Waals surface area contributed by atoms with Crippen molar-refractivity contribution in [3.05, 3.63) is 80.0 Å². The summed E-state index contributed by atoms with van der Waals surface area (Å²) in [6, 6.07) is 13.0. The molecule has 0 fully saturated rings. The summed E-state index contributed by atoms with van der Waals surface area (Å²) < 4.78 is 7.98. The lowest BCUT2D eigenvalue weighted by Crippen LogP contribution is -2.32. The van der Waals surface area contributed by atoms with Crippen LogP contribution in [0.25, 0.3) is 21.9 Å². The third-order valence-electron chi connectivity index (χ3n) is 5.29. The fourth-order valence-corrected chi connectivity index (χ4v) is 5.19. The highest BCUT2D eigenvalue weighted by Gasteiger charge is 2.34. The molecule has 0 N–H and O–H groups in total. The zero-order chi connectivity index (χ0) is 23.1. The first-order chi connectivity index (χ1) is 16.0. The van der Waals surface area contributed by atoms with Crippen molar-refractivity contribution in [2.75, 3.05) is 18.1 Å². The number of ether oxygens (including phenoxy) is 1. The Kier molecular flexibility index (Phi) is 5.59. The van der Waals surface area contributed by atoms with Crippen molar-refractivity contribution in [3.8, 4) is 17.1 Å². The molecule has 33 heavy (non-hydrogen) atoms. The van der Waals surface area contributed by atoms with Gasteiger partial charge < -0.3 is 9.64 Å². The standard InChI is InChI=1S/C24H19BrN4O3S/c1-3-11-28-18-10-7-15(25)13-17(18)19(22(28)30)20-23(31)29-24(33-20)26-21(27-29)14-5-8-16(9-6-14)32-12-4-2/h4-10,13H,2-3,11-12H2,1H3/b20-19-. The van der Waals surface area contributed by atoms with E-state index in [2.05, 4.69) is 32.6 Å². The monoisotopic (exact) mass is 522 g/mol. The molecule has 2 aromatic carbocycles. The summed E-state index contributed by atoms with van der Waals surface area (Å²) in [5.41, 5.74) is 2.41. The number of aromatic nitrogens is 3. The van der Waals surface area contributed by atoms with Crippen LogP contribution in [0.15, 0.2) is 64.4 Å². The number of amides is 1. The van der Waals surface area contributed by atoms with Crippen molar-refractivity contribution in [1.29, 1.82) is 0 Å². The number of fused-ring (bicyclic) bond motifs is 2. The molecule has 4 aromatic rings. The van der Waals surface area contributed by atoms with Crippen LogP contribution < -0.4 is 19.7 Å². The van der Waals surface area contributed by atoms with E-state index in [1.54, 1.807) is 11.0 Å². The van der Waals surface area contributed by atoms with Gasteiger partial charge in [-0.25, -0.2) is 0 Å². The molecule has 5 rings (SSSR count). The molecule has 166 valence electrons. The van der Waals surface area contributed by atoms with E-state index >= 15 is 0 Å². The maximum Gasteiger partial charge on any atom is 0.291 e. The Morgan fingerprint density at radius 3 is 2.67 bits per heavy atom. The molecular formula is C24H19BrN4O3S. The van der Waals surface area contributed by atoms with Crippen LogP contribution in [0.2, 0.25) is 0 Å². The Labute approximate surface area is 201 Å². The fourth-order valence-electron chi connectivity index (χ4n) is 3.83. The molecule has 0 bridgehead atoms. The van der Waals surface area contributed by atoms with Gasteiger partial charge in [0.25, 0.3) is 11.5 Å². The summed E-state index contributed by atoms with van der Waals surface area (Å²) in [4.78, 5) is 33.3. The quantitative estimate of drug-likeness (QED) is 0.360. The molecule has 1 aliphatic heterocycles. The number of carbonyl (C=O) groups excluding carboxylic acids is 1. The molecule has 0 saturated heterocycles. The summed E-state index contributed by atoms with van der Waals surface area (Å²) in [7, 11) is 0. The number of rotatable bonds is 6. The number of carbonyl (C=O) groups is 1. The minimum absolute atomic E-state index is 0.165. The second-order valence-corrected chi connectivity index (χ2v) is 9.38. The van der Waals surface area contributed by atoms with Gasteiger partial charge in [-0.1, -0.05) is 46.8 Å². The highest BCUT2D eigenvalue weighted by atomic mass is 79.9. The van der Waals surface area contributed by atoms with E-state index in [4.69, 9.17) is 4.74 Å². The minimum Gasteiger partial charge on any atom is -0.490 e. The van der Waals surface area contributed by atoms with Gasteiger partial charge >= 0.3 is 0 Å². The maximum atomic E-state index is 13.3. The molecule has 0 aliphatic carbocycles. The maximum absolute atomic E-state index is 13.3. The van der Waals surface area contributed by atoms with Gasteiger partial charge in [0.05, 0.1) is 11.3 Å². The molecule has 0 radical (unpaired) electrons. The average Bonchev–Trinajstić information content (AvgIpc) is 3.44. The van der Waals surface area contributed by atoms with Gasteiger partial charge in [-0.05, 0) is 48.9 Å². The summed E-state index contributed by atoms with van der Waals surface area (Å²) in [5.74, 6) is 0.990. The SMILES string of the molecule is C=CCOc1ccc(-c2nc3s/c(=C4\C(=O)N(CCC)c5ccc(Br)cc54)c(=O)n3n2)cc1.